The molecule has 158 valence electrons. The SMILES string of the molecule is CNCc1cc(C2CCC(CN(C)C(=O)c3cccc(C)c3OC)CC2)nn1C. The van der Waals surface area contributed by atoms with Crippen molar-refractivity contribution < 1.29 is 9.53 Å². The van der Waals surface area contributed by atoms with Crippen LogP contribution in [0.15, 0.2) is 24.3 Å². The van der Waals surface area contributed by atoms with Crippen LogP contribution in [-0.4, -0.2) is 48.3 Å². The van der Waals surface area contributed by atoms with Crippen LogP contribution in [0.1, 0.15) is 58.9 Å². The predicted molar refractivity (Wildman–Crippen MR) is 115 cm³/mol. The topological polar surface area (TPSA) is 59.4 Å². The van der Waals surface area contributed by atoms with Crippen molar-refractivity contribution in [1.82, 2.24) is 20.0 Å². The lowest BCUT2D eigenvalue weighted by atomic mass is 9.80. The van der Waals surface area contributed by atoms with Gasteiger partial charge in [0.05, 0.1) is 24.1 Å². The van der Waals surface area contributed by atoms with Gasteiger partial charge < -0.3 is 15.0 Å². The van der Waals surface area contributed by atoms with Crippen molar-refractivity contribution in [3.05, 3.63) is 46.8 Å². The van der Waals surface area contributed by atoms with Crippen LogP contribution in [-0.2, 0) is 13.6 Å². The van der Waals surface area contributed by atoms with Crippen molar-refractivity contribution in [2.75, 3.05) is 27.7 Å². The first kappa shape index (κ1) is 21.4. The molecule has 2 aromatic rings. The van der Waals surface area contributed by atoms with E-state index >= 15 is 0 Å². The number of carbonyl (C=O) groups is 1. The van der Waals surface area contributed by atoms with Crippen LogP contribution < -0.4 is 10.1 Å². The van der Waals surface area contributed by atoms with Crippen molar-refractivity contribution in [2.24, 2.45) is 13.0 Å². The minimum absolute atomic E-state index is 0.0362. The molecule has 0 unspecified atom stereocenters. The third-order valence-electron chi connectivity index (χ3n) is 6.14. The van der Waals surface area contributed by atoms with Crippen LogP contribution in [0, 0.1) is 12.8 Å². The second-order valence-corrected chi connectivity index (χ2v) is 8.27. The molecule has 0 bridgehead atoms. The average Bonchev–Trinajstić information content (AvgIpc) is 3.08. The Balaban J connectivity index is 1.57. The first-order valence-electron chi connectivity index (χ1n) is 10.5. The highest BCUT2D eigenvalue weighted by Gasteiger charge is 2.27. The first-order chi connectivity index (χ1) is 13.9. The number of amides is 1. The van der Waals surface area contributed by atoms with E-state index < -0.39 is 0 Å². The van der Waals surface area contributed by atoms with E-state index in [-0.39, 0.29) is 5.91 Å². The Morgan fingerprint density at radius 3 is 2.69 bits per heavy atom. The van der Waals surface area contributed by atoms with Gasteiger partial charge >= 0.3 is 0 Å². The van der Waals surface area contributed by atoms with Crippen LogP contribution in [0.2, 0.25) is 0 Å². The molecule has 0 atom stereocenters. The summed E-state index contributed by atoms with van der Waals surface area (Å²) >= 11 is 0. The number of benzene rings is 1. The summed E-state index contributed by atoms with van der Waals surface area (Å²) in [6.45, 7) is 3.60. The molecular weight excluding hydrogens is 364 g/mol. The zero-order valence-electron chi connectivity index (χ0n) is 18.4. The zero-order valence-corrected chi connectivity index (χ0v) is 18.4. The summed E-state index contributed by atoms with van der Waals surface area (Å²) in [6.07, 6.45) is 4.53. The second-order valence-electron chi connectivity index (χ2n) is 8.27. The van der Waals surface area contributed by atoms with Crippen molar-refractivity contribution in [1.29, 1.82) is 0 Å². The maximum Gasteiger partial charge on any atom is 0.257 e. The summed E-state index contributed by atoms with van der Waals surface area (Å²) in [5.74, 6) is 1.78. The minimum Gasteiger partial charge on any atom is -0.496 e. The van der Waals surface area contributed by atoms with Crippen molar-refractivity contribution in [3.63, 3.8) is 0 Å². The van der Waals surface area contributed by atoms with Crippen LogP contribution in [0.5, 0.6) is 5.75 Å². The standard InChI is InChI=1S/C23H34N4O2/c1-16-7-6-8-20(22(16)29-5)23(28)26(3)15-17-9-11-18(12-10-17)21-13-19(14-24-2)27(4)25-21/h6-8,13,17-18,24H,9-12,14-15H2,1-5H3. The highest BCUT2D eigenvalue weighted by Crippen LogP contribution is 2.36. The highest BCUT2D eigenvalue weighted by molar-refractivity contribution is 5.97. The fourth-order valence-corrected chi connectivity index (χ4v) is 4.48. The highest BCUT2D eigenvalue weighted by atomic mass is 16.5. The van der Waals surface area contributed by atoms with Crippen LogP contribution >= 0.6 is 0 Å². The maximum atomic E-state index is 13.0. The Bertz CT molecular complexity index is 837. The third kappa shape index (κ3) is 4.81. The summed E-state index contributed by atoms with van der Waals surface area (Å²) < 4.78 is 7.45. The van der Waals surface area contributed by atoms with E-state index in [2.05, 4.69) is 11.4 Å². The van der Waals surface area contributed by atoms with Crippen LogP contribution in [0.4, 0.5) is 0 Å². The lowest BCUT2D eigenvalue weighted by Crippen LogP contribution is -2.33. The third-order valence-corrected chi connectivity index (χ3v) is 6.14. The molecule has 29 heavy (non-hydrogen) atoms. The second kappa shape index (κ2) is 9.44. The number of hydrogen-bond donors (Lipinski definition) is 1. The summed E-state index contributed by atoms with van der Waals surface area (Å²) in [5.41, 5.74) is 4.07. The maximum absolute atomic E-state index is 13.0. The van der Waals surface area contributed by atoms with Gasteiger partial charge in [-0.25, -0.2) is 0 Å². The number of aromatic nitrogens is 2. The molecule has 0 saturated heterocycles. The molecule has 1 aliphatic carbocycles. The van der Waals surface area contributed by atoms with Gasteiger partial charge in [0.1, 0.15) is 5.75 Å². The number of ether oxygens (including phenoxy) is 1. The van der Waals surface area contributed by atoms with Gasteiger partial charge in [-0.05, 0) is 63.3 Å². The number of aryl methyl sites for hydroxylation is 2. The van der Waals surface area contributed by atoms with Crippen molar-refractivity contribution in [2.45, 2.75) is 45.1 Å². The molecule has 1 aromatic carbocycles. The van der Waals surface area contributed by atoms with Crippen molar-refractivity contribution >= 4 is 5.91 Å². The van der Waals surface area contributed by atoms with E-state index in [1.165, 1.54) is 11.4 Å². The molecule has 0 aliphatic heterocycles. The van der Waals surface area contributed by atoms with E-state index in [1.54, 1.807) is 7.11 Å². The summed E-state index contributed by atoms with van der Waals surface area (Å²) in [6, 6.07) is 7.97. The fraction of sp³-hybridized carbons (Fsp3) is 0.565. The number of carbonyl (C=O) groups excluding carboxylic acids is 1. The number of nitrogens with one attached hydrogen (secondary N) is 1. The molecule has 1 aliphatic rings. The number of methoxy groups -OCH3 is 1. The molecule has 6 heteroatoms. The molecule has 6 nitrogen and oxygen atoms in total. The Hall–Kier alpha value is -2.34. The molecule has 3 rings (SSSR count). The number of para-hydroxylation sites is 1. The van der Waals surface area contributed by atoms with Gasteiger partial charge in [-0.2, -0.15) is 5.10 Å². The van der Waals surface area contributed by atoms with Crippen LogP contribution in [0.25, 0.3) is 0 Å². The normalized spacial score (nSPS) is 19.2. The molecule has 0 spiro atoms. The van der Waals surface area contributed by atoms with E-state index in [0.717, 1.165) is 44.3 Å². The summed E-state index contributed by atoms with van der Waals surface area (Å²) in [4.78, 5) is 14.8. The van der Waals surface area contributed by atoms with E-state index in [0.29, 0.717) is 23.1 Å². The Labute approximate surface area is 174 Å². The lowest BCUT2D eigenvalue weighted by molar-refractivity contribution is 0.0754. The molecule has 1 heterocycles. The van der Waals surface area contributed by atoms with Crippen LogP contribution in [0.3, 0.4) is 0 Å². The predicted octanol–water partition coefficient (Wildman–Crippen LogP) is 3.50. The Morgan fingerprint density at radius 1 is 1.31 bits per heavy atom. The first-order valence-corrected chi connectivity index (χ1v) is 10.5. The molecule has 1 fully saturated rings. The zero-order chi connectivity index (χ0) is 21.0. The van der Waals surface area contributed by atoms with Gasteiger partial charge in [0, 0.05) is 33.1 Å². The molecule has 1 N–H and O–H groups in total. The summed E-state index contributed by atoms with van der Waals surface area (Å²) in [5, 5.41) is 7.93. The molecule has 1 amide bonds. The van der Waals surface area contributed by atoms with Gasteiger partial charge in [0.2, 0.25) is 0 Å². The van der Waals surface area contributed by atoms with Crippen molar-refractivity contribution in [3.8, 4) is 5.75 Å². The van der Waals surface area contributed by atoms with Gasteiger partial charge in [0.15, 0.2) is 0 Å². The largest absolute Gasteiger partial charge is 0.496 e. The Kier molecular flexibility index (Phi) is 6.96. The van der Waals surface area contributed by atoms with Gasteiger partial charge in [-0.3, -0.25) is 9.48 Å². The molecule has 1 saturated carbocycles. The van der Waals surface area contributed by atoms with E-state index in [4.69, 9.17) is 9.84 Å². The van der Waals surface area contributed by atoms with E-state index in [9.17, 15) is 4.79 Å². The quantitative estimate of drug-likeness (QED) is 0.775. The van der Waals surface area contributed by atoms with Gasteiger partial charge in [-0.15, -0.1) is 0 Å². The number of nitrogens with zero attached hydrogens (tertiary/aromatic N) is 3. The average molecular weight is 399 g/mol. The van der Waals surface area contributed by atoms with Gasteiger partial charge in [0.25, 0.3) is 5.91 Å². The molecular formula is C23H34N4O2. The number of rotatable bonds is 7. The van der Waals surface area contributed by atoms with E-state index in [1.807, 2.05) is 55.8 Å². The number of hydrogen-bond acceptors (Lipinski definition) is 4. The minimum atomic E-state index is 0.0362. The van der Waals surface area contributed by atoms with Gasteiger partial charge in [-0.1, -0.05) is 12.1 Å². The fourth-order valence-electron chi connectivity index (χ4n) is 4.48. The summed E-state index contributed by atoms with van der Waals surface area (Å²) in [7, 11) is 7.50. The Morgan fingerprint density at radius 2 is 2.03 bits per heavy atom. The molecule has 0 radical (unpaired) electrons. The smallest absolute Gasteiger partial charge is 0.257 e. The monoisotopic (exact) mass is 398 g/mol. The molecule has 1 aromatic heterocycles. The lowest BCUT2D eigenvalue weighted by Gasteiger charge is -2.31.